The molecule has 0 heterocycles. The van der Waals surface area contributed by atoms with Gasteiger partial charge in [-0.1, -0.05) is 19.1 Å². The zero-order chi connectivity index (χ0) is 11.8. The Morgan fingerprint density at radius 1 is 1.38 bits per heavy atom. The van der Waals surface area contributed by atoms with Gasteiger partial charge in [-0.05, 0) is 24.2 Å². The molecule has 0 unspecified atom stereocenters. The fourth-order valence-corrected chi connectivity index (χ4v) is 1.28. The van der Waals surface area contributed by atoms with Crippen LogP contribution in [0.1, 0.15) is 22.8 Å². The summed E-state index contributed by atoms with van der Waals surface area (Å²) in [4.78, 5) is 10.8. The van der Waals surface area contributed by atoms with Crippen molar-refractivity contribution in [3.8, 4) is 0 Å². The van der Waals surface area contributed by atoms with E-state index in [0.717, 1.165) is 18.7 Å². The molecular weight excluding hydrogens is 204 g/mol. The zero-order valence-corrected chi connectivity index (χ0v) is 9.53. The minimum Gasteiger partial charge on any atom is -0.375 e. The molecule has 1 aromatic rings. The number of rotatable bonds is 7. The van der Waals surface area contributed by atoms with Crippen LogP contribution in [-0.4, -0.2) is 25.6 Å². The molecule has 0 atom stereocenters. The van der Waals surface area contributed by atoms with E-state index in [9.17, 15) is 4.79 Å². The first kappa shape index (κ1) is 12.7. The summed E-state index contributed by atoms with van der Waals surface area (Å²) in [6.07, 6.45) is 0. The van der Waals surface area contributed by atoms with Crippen molar-refractivity contribution in [1.82, 2.24) is 5.32 Å². The Labute approximate surface area is 95.8 Å². The lowest BCUT2D eigenvalue weighted by Gasteiger charge is -2.05. The number of amides is 1. The van der Waals surface area contributed by atoms with Crippen LogP contribution in [0.5, 0.6) is 0 Å². The largest absolute Gasteiger partial charge is 0.375 e. The number of primary amides is 1. The number of likely N-dealkylation sites (N-methyl/N-ethyl adjacent to an activating group) is 1. The fraction of sp³-hybridized carbons (Fsp3) is 0.417. The summed E-state index contributed by atoms with van der Waals surface area (Å²) in [5.41, 5.74) is 6.71. The number of hydrogen-bond acceptors (Lipinski definition) is 3. The Morgan fingerprint density at radius 3 is 2.62 bits per heavy atom. The quantitative estimate of drug-likeness (QED) is 0.674. The monoisotopic (exact) mass is 222 g/mol. The van der Waals surface area contributed by atoms with E-state index in [1.165, 1.54) is 0 Å². The lowest BCUT2D eigenvalue weighted by molar-refractivity contribution is 0.1000. The number of nitrogens with two attached hydrogens (primary N) is 1. The molecule has 0 fully saturated rings. The molecule has 0 aliphatic carbocycles. The third-order valence-corrected chi connectivity index (χ3v) is 2.18. The number of benzene rings is 1. The van der Waals surface area contributed by atoms with E-state index in [1.807, 2.05) is 12.1 Å². The number of nitrogens with one attached hydrogen (secondary N) is 1. The zero-order valence-electron chi connectivity index (χ0n) is 9.53. The number of carbonyl (C=O) groups excluding carboxylic acids is 1. The van der Waals surface area contributed by atoms with Crippen LogP contribution in [0.25, 0.3) is 0 Å². The van der Waals surface area contributed by atoms with Crippen molar-refractivity contribution in [2.24, 2.45) is 5.73 Å². The summed E-state index contributed by atoms with van der Waals surface area (Å²) in [6, 6.07) is 7.14. The van der Waals surface area contributed by atoms with Crippen molar-refractivity contribution >= 4 is 5.91 Å². The molecule has 0 saturated heterocycles. The molecule has 0 aliphatic rings. The highest BCUT2D eigenvalue weighted by Gasteiger charge is 1.99. The van der Waals surface area contributed by atoms with E-state index < -0.39 is 5.91 Å². The molecule has 3 N–H and O–H groups in total. The standard InChI is InChI=1S/C12H18N2O2/c1-2-14-7-8-16-9-10-3-5-11(6-4-10)12(13)15/h3-6,14H,2,7-9H2,1H3,(H2,13,15). The van der Waals surface area contributed by atoms with Gasteiger partial charge in [-0.2, -0.15) is 0 Å². The van der Waals surface area contributed by atoms with Crippen LogP contribution in [0.4, 0.5) is 0 Å². The molecule has 1 rings (SSSR count). The number of hydrogen-bond donors (Lipinski definition) is 2. The minimum atomic E-state index is -0.403. The average molecular weight is 222 g/mol. The van der Waals surface area contributed by atoms with Crippen molar-refractivity contribution in [3.63, 3.8) is 0 Å². The first-order valence-electron chi connectivity index (χ1n) is 5.41. The molecule has 0 radical (unpaired) electrons. The maximum Gasteiger partial charge on any atom is 0.248 e. The first-order chi connectivity index (χ1) is 7.74. The highest BCUT2D eigenvalue weighted by Crippen LogP contribution is 2.04. The summed E-state index contributed by atoms with van der Waals surface area (Å²) >= 11 is 0. The third kappa shape index (κ3) is 4.42. The molecule has 0 aromatic heterocycles. The Balaban J connectivity index is 2.29. The SMILES string of the molecule is CCNCCOCc1ccc(C(N)=O)cc1. The van der Waals surface area contributed by atoms with E-state index in [4.69, 9.17) is 10.5 Å². The van der Waals surface area contributed by atoms with E-state index in [-0.39, 0.29) is 0 Å². The molecule has 1 aromatic carbocycles. The Hall–Kier alpha value is -1.39. The van der Waals surface area contributed by atoms with Crippen molar-refractivity contribution < 1.29 is 9.53 Å². The second-order valence-corrected chi connectivity index (χ2v) is 3.47. The normalized spacial score (nSPS) is 10.3. The first-order valence-corrected chi connectivity index (χ1v) is 5.41. The molecule has 4 nitrogen and oxygen atoms in total. The number of ether oxygens (including phenoxy) is 1. The van der Waals surface area contributed by atoms with Crippen LogP contribution < -0.4 is 11.1 Å². The van der Waals surface area contributed by atoms with Crippen LogP contribution in [0.15, 0.2) is 24.3 Å². The molecule has 4 heteroatoms. The lowest BCUT2D eigenvalue weighted by Crippen LogP contribution is -2.18. The highest BCUT2D eigenvalue weighted by molar-refractivity contribution is 5.92. The summed E-state index contributed by atoms with van der Waals surface area (Å²) in [7, 11) is 0. The maximum atomic E-state index is 10.8. The van der Waals surface area contributed by atoms with Crippen molar-refractivity contribution in [2.45, 2.75) is 13.5 Å². The Morgan fingerprint density at radius 2 is 2.06 bits per heavy atom. The molecule has 16 heavy (non-hydrogen) atoms. The second kappa shape index (κ2) is 6.98. The summed E-state index contributed by atoms with van der Waals surface area (Å²) in [5, 5.41) is 3.17. The topological polar surface area (TPSA) is 64.3 Å². The van der Waals surface area contributed by atoms with Crippen LogP contribution in [0, 0.1) is 0 Å². The third-order valence-electron chi connectivity index (χ3n) is 2.18. The predicted octanol–water partition coefficient (Wildman–Crippen LogP) is 0.912. The van der Waals surface area contributed by atoms with Gasteiger partial charge in [0.1, 0.15) is 0 Å². The molecule has 0 aliphatic heterocycles. The van der Waals surface area contributed by atoms with Gasteiger partial charge in [0.15, 0.2) is 0 Å². The van der Waals surface area contributed by atoms with Crippen molar-refractivity contribution in [1.29, 1.82) is 0 Å². The fourth-order valence-electron chi connectivity index (χ4n) is 1.28. The van der Waals surface area contributed by atoms with E-state index in [2.05, 4.69) is 12.2 Å². The van der Waals surface area contributed by atoms with Crippen molar-refractivity contribution in [3.05, 3.63) is 35.4 Å². The minimum absolute atomic E-state index is 0.403. The number of carbonyl (C=O) groups is 1. The molecule has 0 bridgehead atoms. The lowest BCUT2D eigenvalue weighted by atomic mass is 10.1. The smallest absolute Gasteiger partial charge is 0.248 e. The van der Waals surface area contributed by atoms with Crippen LogP contribution >= 0.6 is 0 Å². The van der Waals surface area contributed by atoms with Crippen LogP contribution in [0.3, 0.4) is 0 Å². The van der Waals surface area contributed by atoms with E-state index >= 15 is 0 Å². The molecule has 0 spiro atoms. The van der Waals surface area contributed by atoms with Gasteiger partial charge in [-0.15, -0.1) is 0 Å². The van der Waals surface area contributed by atoms with Gasteiger partial charge in [0.05, 0.1) is 13.2 Å². The Bertz CT molecular complexity index is 322. The van der Waals surface area contributed by atoms with Gasteiger partial charge < -0.3 is 15.8 Å². The highest BCUT2D eigenvalue weighted by atomic mass is 16.5. The van der Waals surface area contributed by atoms with Gasteiger partial charge in [0, 0.05) is 12.1 Å². The molecule has 0 saturated carbocycles. The molecule has 1 amide bonds. The van der Waals surface area contributed by atoms with E-state index in [1.54, 1.807) is 12.1 Å². The Kier molecular flexibility index (Phi) is 5.53. The van der Waals surface area contributed by atoms with Gasteiger partial charge in [-0.3, -0.25) is 4.79 Å². The summed E-state index contributed by atoms with van der Waals surface area (Å²) in [6.45, 7) is 5.12. The van der Waals surface area contributed by atoms with Crippen LogP contribution in [-0.2, 0) is 11.3 Å². The molecular formula is C12H18N2O2. The van der Waals surface area contributed by atoms with Crippen molar-refractivity contribution in [2.75, 3.05) is 19.7 Å². The van der Waals surface area contributed by atoms with Gasteiger partial charge in [0.2, 0.25) is 5.91 Å². The average Bonchev–Trinajstić information content (AvgIpc) is 2.29. The maximum absolute atomic E-state index is 10.8. The summed E-state index contributed by atoms with van der Waals surface area (Å²) < 4.78 is 5.44. The van der Waals surface area contributed by atoms with Crippen LogP contribution in [0.2, 0.25) is 0 Å². The van der Waals surface area contributed by atoms with E-state index in [0.29, 0.717) is 18.8 Å². The second-order valence-electron chi connectivity index (χ2n) is 3.47. The van der Waals surface area contributed by atoms with Gasteiger partial charge >= 0.3 is 0 Å². The van der Waals surface area contributed by atoms with Gasteiger partial charge in [-0.25, -0.2) is 0 Å². The molecule has 88 valence electrons. The van der Waals surface area contributed by atoms with Gasteiger partial charge in [0.25, 0.3) is 0 Å². The predicted molar refractivity (Wildman–Crippen MR) is 63.2 cm³/mol. The summed E-state index contributed by atoms with van der Waals surface area (Å²) in [5.74, 6) is -0.403.